The van der Waals surface area contributed by atoms with Gasteiger partial charge in [0.2, 0.25) is 0 Å². The lowest BCUT2D eigenvalue weighted by Crippen LogP contribution is -2.08. The minimum atomic E-state index is -0.459. The van der Waals surface area contributed by atoms with Crippen molar-refractivity contribution in [1.29, 1.82) is 0 Å². The maximum Gasteiger partial charge on any atom is 0.0762 e. The van der Waals surface area contributed by atoms with Gasteiger partial charge < -0.3 is 10.4 Å². The third-order valence-corrected chi connectivity index (χ3v) is 4.22. The Bertz CT molecular complexity index is 637. The van der Waals surface area contributed by atoms with E-state index in [1.807, 2.05) is 37.3 Å². The van der Waals surface area contributed by atoms with E-state index in [1.54, 1.807) is 6.92 Å². The van der Waals surface area contributed by atoms with Crippen LogP contribution in [0.5, 0.6) is 0 Å². The van der Waals surface area contributed by atoms with Gasteiger partial charge in [0.1, 0.15) is 0 Å². The van der Waals surface area contributed by atoms with Crippen molar-refractivity contribution in [3.63, 3.8) is 0 Å². The molecule has 2 unspecified atom stereocenters. The number of benzene rings is 2. The summed E-state index contributed by atoms with van der Waals surface area (Å²) < 4.78 is 0. The number of aryl methyl sites for hydroxylation is 2. The van der Waals surface area contributed by atoms with Crippen molar-refractivity contribution in [2.75, 3.05) is 5.32 Å². The third-order valence-electron chi connectivity index (χ3n) is 3.80. The van der Waals surface area contributed by atoms with Gasteiger partial charge in [-0.2, -0.15) is 0 Å². The number of hydrogen-bond acceptors (Lipinski definition) is 2. The molecule has 0 aliphatic carbocycles. The molecule has 0 saturated heterocycles. The zero-order valence-electron chi connectivity index (χ0n) is 12.9. The molecule has 2 atom stereocenters. The van der Waals surface area contributed by atoms with Gasteiger partial charge in [0, 0.05) is 16.8 Å². The number of nitrogens with one attached hydrogen (secondary N) is 1. The lowest BCUT2D eigenvalue weighted by atomic mass is 10.0. The molecule has 21 heavy (non-hydrogen) atoms. The van der Waals surface area contributed by atoms with Crippen molar-refractivity contribution in [2.24, 2.45) is 0 Å². The van der Waals surface area contributed by atoms with E-state index in [0.29, 0.717) is 0 Å². The van der Waals surface area contributed by atoms with Gasteiger partial charge in [0.25, 0.3) is 0 Å². The van der Waals surface area contributed by atoms with Crippen LogP contribution >= 0.6 is 11.6 Å². The van der Waals surface area contributed by atoms with E-state index in [0.717, 1.165) is 27.4 Å². The van der Waals surface area contributed by atoms with Crippen molar-refractivity contribution in [1.82, 2.24) is 0 Å². The Labute approximate surface area is 131 Å². The van der Waals surface area contributed by atoms with Gasteiger partial charge in [-0.25, -0.2) is 0 Å². The maximum absolute atomic E-state index is 9.71. The summed E-state index contributed by atoms with van der Waals surface area (Å²) in [6, 6.07) is 12.3. The summed E-state index contributed by atoms with van der Waals surface area (Å²) in [7, 11) is 0. The molecule has 0 aromatic heterocycles. The Hall–Kier alpha value is -1.51. The zero-order chi connectivity index (χ0) is 15.6. The van der Waals surface area contributed by atoms with E-state index < -0.39 is 6.10 Å². The van der Waals surface area contributed by atoms with E-state index in [9.17, 15) is 5.11 Å². The summed E-state index contributed by atoms with van der Waals surface area (Å²) >= 11 is 6.08. The van der Waals surface area contributed by atoms with Gasteiger partial charge in [-0.05, 0) is 62.1 Å². The fourth-order valence-electron chi connectivity index (χ4n) is 2.31. The molecule has 112 valence electrons. The minimum Gasteiger partial charge on any atom is -0.389 e. The Morgan fingerprint density at radius 3 is 2.24 bits per heavy atom. The normalized spacial score (nSPS) is 13.8. The van der Waals surface area contributed by atoms with E-state index >= 15 is 0 Å². The van der Waals surface area contributed by atoms with Crippen LogP contribution in [0.1, 0.15) is 48.2 Å². The lowest BCUT2D eigenvalue weighted by molar-refractivity contribution is 0.199. The molecule has 2 N–H and O–H groups in total. The lowest BCUT2D eigenvalue weighted by Gasteiger charge is -2.19. The van der Waals surface area contributed by atoms with Crippen LogP contribution in [-0.2, 0) is 0 Å². The molecular weight excluding hydrogens is 282 g/mol. The topological polar surface area (TPSA) is 32.3 Å². The van der Waals surface area contributed by atoms with Gasteiger partial charge in [0.05, 0.1) is 6.10 Å². The van der Waals surface area contributed by atoms with Gasteiger partial charge >= 0.3 is 0 Å². The van der Waals surface area contributed by atoms with Crippen LogP contribution in [0.15, 0.2) is 36.4 Å². The molecule has 0 bridgehead atoms. The van der Waals surface area contributed by atoms with Crippen LogP contribution < -0.4 is 5.32 Å². The van der Waals surface area contributed by atoms with Crippen LogP contribution in [0, 0.1) is 13.8 Å². The number of halogens is 1. The fourth-order valence-corrected chi connectivity index (χ4v) is 2.43. The molecule has 0 aliphatic heterocycles. The first-order chi connectivity index (χ1) is 9.88. The van der Waals surface area contributed by atoms with Crippen molar-refractivity contribution >= 4 is 17.3 Å². The van der Waals surface area contributed by atoms with E-state index in [2.05, 4.69) is 25.2 Å². The largest absolute Gasteiger partial charge is 0.389 e. The second kappa shape index (κ2) is 6.50. The van der Waals surface area contributed by atoms with Crippen molar-refractivity contribution in [3.8, 4) is 0 Å². The van der Waals surface area contributed by atoms with Gasteiger partial charge in [-0.1, -0.05) is 35.9 Å². The number of aliphatic hydroxyl groups is 1. The molecule has 2 rings (SSSR count). The predicted molar refractivity (Wildman–Crippen MR) is 90.0 cm³/mol. The average Bonchev–Trinajstić information content (AvgIpc) is 2.43. The second-order valence-corrected chi connectivity index (χ2v) is 6.03. The van der Waals surface area contributed by atoms with E-state index in [1.165, 1.54) is 5.56 Å². The quantitative estimate of drug-likeness (QED) is 0.815. The molecule has 0 saturated carbocycles. The van der Waals surface area contributed by atoms with Crippen LogP contribution in [0.4, 0.5) is 5.69 Å². The summed E-state index contributed by atoms with van der Waals surface area (Å²) in [6.45, 7) is 7.98. The smallest absolute Gasteiger partial charge is 0.0762 e. The summed E-state index contributed by atoms with van der Waals surface area (Å²) in [5.41, 5.74) is 5.41. The Balaban J connectivity index is 2.24. The molecule has 3 heteroatoms. The molecule has 0 aliphatic rings. The second-order valence-electron chi connectivity index (χ2n) is 5.62. The molecule has 2 aromatic rings. The summed E-state index contributed by atoms with van der Waals surface area (Å²) in [5.74, 6) is 0. The summed E-state index contributed by atoms with van der Waals surface area (Å²) in [4.78, 5) is 0. The summed E-state index contributed by atoms with van der Waals surface area (Å²) in [5, 5.41) is 14.0. The molecule has 0 heterocycles. The van der Waals surface area contributed by atoms with Crippen LogP contribution in [0.2, 0.25) is 5.02 Å². The Morgan fingerprint density at radius 1 is 0.952 bits per heavy atom. The molecule has 0 fully saturated rings. The molecule has 0 spiro atoms. The first-order valence-corrected chi connectivity index (χ1v) is 7.57. The molecule has 0 radical (unpaired) electrons. The number of rotatable bonds is 4. The number of anilines is 1. The molecule has 0 amide bonds. The van der Waals surface area contributed by atoms with Gasteiger partial charge in [-0.3, -0.25) is 0 Å². The average molecular weight is 304 g/mol. The monoisotopic (exact) mass is 303 g/mol. The first kappa shape index (κ1) is 15.9. The summed E-state index contributed by atoms with van der Waals surface area (Å²) in [6.07, 6.45) is -0.459. The maximum atomic E-state index is 9.71. The molecule has 2 nitrogen and oxygen atoms in total. The number of aliphatic hydroxyl groups excluding tert-OH is 1. The Morgan fingerprint density at radius 2 is 1.62 bits per heavy atom. The minimum absolute atomic E-state index is 0.170. The van der Waals surface area contributed by atoms with Crippen LogP contribution in [0.3, 0.4) is 0 Å². The van der Waals surface area contributed by atoms with E-state index in [-0.39, 0.29) is 6.04 Å². The highest BCUT2D eigenvalue weighted by molar-refractivity contribution is 6.31. The van der Waals surface area contributed by atoms with Gasteiger partial charge in [-0.15, -0.1) is 0 Å². The highest BCUT2D eigenvalue weighted by Gasteiger charge is 2.10. The van der Waals surface area contributed by atoms with Crippen molar-refractivity contribution in [3.05, 3.63) is 63.7 Å². The van der Waals surface area contributed by atoms with Crippen molar-refractivity contribution < 1.29 is 5.11 Å². The van der Waals surface area contributed by atoms with E-state index in [4.69, 9.17) is 11.6 Å². The number of hydrogen-bond donors (Lipinski definition) is 2. The van der Waals surface area contributed by atoms with Crippen LogP contribution in [-0.4, -0.2) is 5.11 Å². The van der Waals surface area contributed by atoms with Crippen LogP contribution in [0.25, 0.3) is 0 Å². The highest BCUT2D eigenvalue weighted by Crippen LogP contribution is 2.27. The fraction of sp³-hybridized carbons (Fsp3) is 0.333. The first-order valence-electron chi connectivity index (χ1n) is 7.19. The highest BCUT2D eigenvalue weighted by atomic mass is 35.5. The predicted octanol–water partition coefficient (Wildman–Crippen LogP) is 5.18. The SMILES string of the molecule is Cc1cc(C(C)Nc2cc(C(C)O)ccc2C)ccc1Cl. The molecular formula is C18H22ClNO. The zero-order valence-corrected chi connectivity index (χ0v) is 13.7. The van der Waals surface area contributed by atoms with Crippen molar-refractivity contribution in [2.45, 2.75) is 39.8 Å². The Kier molecular flexibility index (Phi) is 4.92. The molecule has 2 aromatic carbocycles. The third kappa shape index (κ3) is 3.78. The van der Waals surface area contributed by atoms with Gasteiger partial charge in [0.15, 0.2) is 0 Å². The standard InChI is InChI=1S/C18H22ClNO/c1-11-5-6-16(14(4)21)10-18(11)20-13(3)15-7-8-17(19)12(2)9-15/h5-10,13-14,20-21H,1-4H3.